The van der Waals surface area contributed by atoms with Gasteiger partial charge in [0.15, 0.2) is 11.6 Å². The molecule has 0 unspecified atom stereocenters. The number of unbranched alkanes of at least 4 members (excludes halogenated alkanes) is 2. The summed E-state index contributed by atoms with van der Waals surface area (Å²) in [5.74, 6) is 1.29. The molecule has 24 heavy (non-hydrogen) atoms. The zero-order valence-corrected chi connectivity index (χ0v) is 14.6. The number of nitriles is 1. The van der Waals surface area contributed by atoms with E-state index in [1.165, 1.54) is 63.5 Å². The first-order chi connectivity index (χ1) is 11.7. The molecule has 1 aliphatic rings. The summed E-state index contributed by atoms with van der Waals surface area (Å²) < 4.78 is 19.1. The molecule has 0 N–H and O–H groups in total. The number of halogens is 1. The topological polar surface area (TPSA) is 33.0 Å². The molecule has 2 nitrogen and oxygen atoms in total. The lowest BCUT2D eigenvalue weighted by Gasteiger charge is -2.26. The Bertz CT molecular complexity index is 568. The van der Waals surface area contributed by atoms with Crippen LogP contribution in [-0.4, -0.2) is 6.61 Å². The zero-order chi connectivity index (χ0) is 17.2. The van der Waals surface area contributed by atoms with Gasteiger partial charge in [-0.25, -0.2) is 4.39 Å². The highest BCUT2D eigenvalue weighted by molar-refractivity contribution is 5.36. The van der Waals surface area contributed by atoms with Gasteiger partial charge in [-0.2, -0.15) is 5.26 Å². The molecule has 3 heteroatoms. The van der Waals surface area contributed by atoms with E-state index in [9.17, 15) is 4.39 Å². The van der Waals surface area contributed by atoms with E-state index < -0.39 is 5.82 Å². The summed E-state index contributed by atoms with van der Waals surface area (Å²) in [7, 11) is 0. The molecule has 0 atom stereocenters. The Kier molecular flexibility index (Phi) is 7.82. The maximum absolute atomic E-state index is 13.7. The predicted octanol–water partition coefficient (Wildman–Crippen LogP) is 6.02. The third-order valence-electron chi connectivity index (χ3n) is 4.91. The van der Waals surface area contributed by atoms with Crippen LogP contribution < -0.4 is 4.74 Å². The van der Waals surface area contributed by atoms with Crippen LogP contribution in [0.5, 0.6) is 5.75 Å². The largest absolute Gasteiger partial charge is 0.486 e. The second-order valence-electron chi connectivity index (χ2n) is 6.77. The van der Waals surface area contributed by atoms with Crippen molar-refractivity contribution in [2.45, 2.75) is 58.3 Å². The van der Waals surface area contributed by atoms with Crippen LogP contribution in [0.25, 0.3) is 0 Å². The Morgan fingerprint density at radius 3 is 2.71 bits per heavy atom. The van der Waals surface area contributed by atoms with Crippen molar-refractivity contribution in [3.63, 3.8) is 0 Å². The number of allylic oxidation sites excluding steroid dienone is 1. The molecule has 1 aromatic rings. The Morgan fingerprint density at radius 1 is 1.25 bits per heavy atom. The molecular formula is C21H28FNO. The molecule has 1 aromatic carbocycles. The van der Waals surface area contributed by atoms with Gasteiger partial charge in [0.1, 0.15) is 6.61 Å². The van der Waals surface area contributed by atoms with Gasteiger partial charge in [-0.05, 0) is 55.7 Å². The number of nitrogens with zero attached hydrogens (tertiary/aromatic N) is 1. The molecule has 1 saturated carbocycles. The highest BCUT2D eigenvalue weighted by Crippen LogP contribution is 2.32. The normalized spacial score (nSPS) is 20.9. The smallest absolute Gasteiger partial charge is 0.166 e. The second-order valence-corrected chi connectivity index (χ2v) is 6.77. The van der Waals surface area contributed by atoms with Crippen LogP contribution in [-0.2, 0) is 0 Å². The van der Waals surface area contributed by atoms with Crippen LogP contribution in [0.3, 0.4) is 0 Å². The summed E-state index contributed by atoms with van der Waals surface area (Å²) in [4.78, 5) is 0. The molecule has 0 radical (unpaired) electrons. The molecule has 2 rings (SSSR count). The zero-order valence-electron chi connectivity index (χ0n) is 14.6. The Hall–Kier alpha value is -1.82. The van der Waals surface area contributed by atoms with Crippen molar-refractivity contribution in [2.75, 3.05) is 6.61 Å². The molecule has 0 bridgehead atoms. The molecular weight excluding hydrogens is 301 g/mol. The number of rotatable bonds is 8. The quantitative estimate of drug-likeness (QED) is 0.431. The molecule has 0 saturated heterocycles. The van der Waals surface area contributed by atoms with E-state index in [1.807, 2.05) is 12.1 Å². The lowest BCUT2D eigenvalue weighted by molar-refractivity contribution is 0.287. The van der Waals surface area contributed by atoms with Gasteiger partial charge in [-0.3, -0.25) is 0 Å². The summed E-state index contributed by atoms with van der Waals surface area (Å²) in [6.07, 6.45) is 14.9. The van der Waals surface area contributed by atoms with Crippen LogP contribution in [0.2, 0.25) is 0 Å². The van der Waals surface area contributed by atoms with Gasteiger partial charge in [0.25, 0.3) is 0 Å². The highest BCUT2D eigenvalue weighted by atomic mass is 19.1. The van der Waals surface area contributed by atoms with Crippen LogP contribution in [0.4, 0.5) is 4.39 Å². The minimum atomic E-state index is -0.477. The van der Waals surface area contributed by atoms with Crippen molar-refractivity contribution in [2.24, 2.45) is 11.8 Å². The van der Waals surface area contributed by atoms with Crippen LogP contribution in [0, 0.1) is 29.0 Å². The fourth-order valence-electron chi connectivity index (χ4n) is 3.43. The number of hydrogen-bond acceptors (Lipinski definition) is 2. The minimum absolute atomic E-state index is 0.207. The predicted molar refractivity (Wildman–Crippen MR) is 95.3 cm³/mol. The van der Waals surface area contributed by atoms with Crippen molar-refractivity contribution < 1.29 is 9.13 Å². The maximum Gasteiger partial charge on any atom is 0.166 e. The Labute approximate surface area is 145 Å². The van der Waals surface area contributed by atoms with Crippen LogP contribution in [0.15, 0.2) is 30.4 Å². The van der Waals surface area contributed by atoms with Crippen molar-refractivity contribution >= 4 is 0 Å². The fraction of sp³-hybridized carbons (Fsp3) is 0.571. The fourth-order valence-corrected chi connectivity index (χ4v) is 3.43. The second kappa shape index (κ2) is 10.1. The summed E-state index contributed by atoms with van der Waals surface area (Å²) in [6.45, 7) is 2.63. The minimum Gasteiger partial charge on any atom is -0.486 e. The van der Waals surface area contributed by atoms with Crippen molar-refractivity contribution in [1.82, 2.24) is 0 Å². The van der Waals surface area contributed by atoms with E-state index >= 15 is 0 Å². The first kappa shape index (κ1) is 18.5. The van der Waals surface area contributed by atoms with Crippen LogP contribution >= 0.6 is 0 Å². The summed E-state index contributed by atoms with van der Waals surface area (Å²) >= 11 is 0. The van der Waals surface area contributed by atoms with Gasteiger partial charge >= 0.3 is 0 Å². The number of hydrogen-bond donors (Lipinski definition) is 0. The molecule has 0 heterocycles. The standard InChI is InChI=1S/C21H28FNO/c1-2-3-4-6-17-8-10-18(11-9-17)7-5-14-24-21-13-12-19(16-23)15-20(21)22/h5,7,12-13,15,17-18H,2-4,6,8-11,14H2,1H3/b7-5+/t17-,18-. The van der Waals surface area contributed by atoms with Gasteiger partial charge in [0.05, 0.1) is 11.6 Å². The SMILES string of the molecule is CCCCC[C@H]1CC[C@H](/C=C/COc2ccc(C#N)cc2F)CC1. The van der Waals surface area contributed by atoms with Crippen molar-refractivity contribution in [3.8, 4) is 11.8 Å². The van der Waals surface area contributed by atoms with Gasteiger partial charge in [-0.15, -0.1) is 0 Å². The summed E-state index contributed by atoms with van der Waals surface area (Å²) in [6, 6.07) is 6.21. The van der Waals surface area contributed by atoms with Gasteiger partial charge in [0, 0.05) is 0 Å². The molecule has 0 aliphatic heterocycles. The number of benzene rings is 1. The Morgan fingerprint density at radius 2 is 2.04 bits per heavy atom. The molecule has 0 amide bonds. The highest BCUT2D eigenvalue weighted by Gasteiger charge is 2.18. The maximum atomic E-state index is 13.7. The molecule has 1 aliphatic carbocycles. The molecule has 0 spiro atoms. The summed E-state index contributed by atoms with van der Waals surface area (Å²) in [5, 5.41) is 8.72. The third kappa shape index (κ3) is 6.00. The van der Waals surface area contributed by atoms with Gasteiger partial charge < -0.3 is 4.74 Å². The first-order valence-electron chi connectivity index (χ1n) is 9.22. The molecule has 0 aromatic heterocycles. The van der Waals surface area contributed by atoms with Crippen LogP contribution in [0.1, 0.15) is 63.9 Å². The van der Waals surface area contributed by atoms with E-state index in [-0.39, 0.29) is 5.75 Å². The van der Waals surface area contributed by atoms with E-state index in [0.717, 1.165) is 5.92 Å². The van der Waals surface area contributed by atoms with E-state index in [1.54, 1.807) is 6.07 Å². The van der Waals surface area contributed by atoms with Crippen molar-refractivity contribution in [1.29, 1.82) is 5.26 Å². The monoisotopic (exact) mass is 329 g/mol. The Balaban J connectivity index is 1.67. The average Bonchev–Trinajstić information content (AvgIpc) is 2.61. The first-order valence-corrected chi connectivity index (χ1v) is 9.22. The van der Waals surface area contributed by atoms with E-state index in [0.29, 0.717) is 18.1 Å². The summed E-state index contributed by atoms with van der Waals surface area (Å²) in [5.41, 5.74) is 0.311. The third-order valence-corrected chi connectivity index (χ3v) is 4.91. The lowest BCUT2D eigenvalue weighted by atomic mass is 9.79. The number of ether oxygens (including phenoxy) is 1. The molecule has 1 fully saturated rings. The van der Waals surface area contributed by atoms with Gasteiger partial charge in [0.2, 0.25) is 0 Å². The average molecular weight is 329 g/mol. The molecule has 130 valence electrons. The van der Waals surface area contributed by atoms with Gasteiger partial charge in [-0.1, -0.05) is 44.8 Å². The van der Waals surface area contributed by atoms with E-state index in [2.05, 4.69) is 13.0 Å². The lowest BCUT2D eigenvalue weighted by Crippen LogP contribution is -2.13. The van der Waals surface area contributed by atoms with Crippen molar-refractivity contribution in [3.05, 3.63) is 41.7 Å². The van der Waals surface area contributed by atoms with E-state index in [4.69, 9.17) is 10.00 Å².